The number of nitrogens with zero attached hydrogens (tertiary/aromatic N) is 5. The minimum atomic E-state index is -5.08. The van der Waals surface area contributed by atoms with E-state index < -0.39 is 12.1 Å². The number of anilines is 1. The number of amides is 1. The summed E-state index contributed by atoms with van der Waals surface area (Å²) in [5.74, 6) is -3.01. The SMILES string of the molecule is C[C@@H]1CCC[C@H](n2cnc(-c3cc(Cl)ccc3-c3ccccc3)cc2=O)c2cc(ccn2)-c2c(cnn2C)NC1=O.O=C(O)C(F)(F)F. The van der Waals surface area contributed by atoms with Crippen molar-refractivity contribution in [1.82, 2.24) is 24.3 Å². The quantitative estimate of drug-likeness (QED) is 0.210. The third-order valence-corrected chi connectivity index (χ3v) is 8.15. The van der Waals surface area contributed by atoms with E-state index in [9.17, 15) is 22.8 Å². The van der Waals surface area contributed by atoms with Gasteiger partial charge in [0.25, 0.3) is 5.56 Å². The Morgan fingerprint density at radius 3 is 2.40 bits per heavy atom. The van der Waals surface area contributed by atoms with E-state index >= 15 is 0 Å². The third-order valence-electron chi connectivity index (χ3n) is 7.91. The van der Waals surface area contributed by atoms with Gasteiger partial charge in [0.05, 0.1) is 41.3 Å². The summed E-state index contributed by atoms with van der Waals surface area (Å²) < 4.78 is 35.1. The van der Waals surface area contributed by atoms with E-state index in [-0.39, 0.29) is 23.4 Å². The summed E-state index contributed by atoms with van der Waals surface area (Å²) >= 11 is 6.38. The molecule has 0 radical (unpaired) electrons. The Morgan fingerprint density at radius 2 is 1.71 bits per heavy atom. The fraction of sp³-hybridized carbons (Fsp3) is 0.235. The first kappa shape index (κ1) is 34.0. The highest BCUT2D eigenvalue weighted by Crippen LogP contribution is 2.34. The average Bonchev–Trinajstić information content (AvgIpc) is 3.42. The fourth-order valence-corrected chi connectivity index (χ4v) is 5.64. The molecule has 0 aliphatic carbocycles. The van der Waals surface area contributed by atoms with Gasteiger partial charge < -0.3 is 10.4 Å². The molecule has 10 nitrogen and oxygen atoms in total. The molecule has 2 atom stereocenters. The molecule has 2 N–H and O–H groups in total. The van der Waals surface area contributed by atoms with Crippen LogP contribution in [-0.2, 0) is 16.6 Å². The van der Waals surface area contributed by atoms with Crippen molar-refractivity contribution < 1.29 is 27.9 Å². The zero-order chi connectivity index (χ0) is 34.6. The molecule has 0 unspecified atom stereocenters. The molecule has 3 aromatic heterocycles. The number of halogens is 4. The molecular weight excluding hydrogens is 649 g/mol. The van der Waals surface area contributed by atoms with Gasteiger partial charge in [-0.25, -0.2) is 9.78 Å². The first-order valence-electron chi connectivity index (χ1n) is 14.9. The van der Waals surface area contributed by atoms with Gasteiger partial charge in [0.2, 0.25) is 5.91 Å². The number of alkyl halides is 3. The summed E-state index contributed by atoms with van der Waals surface area (Å²) in [5, 5.41) is 15.1. The number of carboxylic acid groups (broad SMARTS) is 1. The summed E-state index contributed by atoms with van der Waals surface area (Å²) in [6.45, 7) is 1.92. The smallest absolute Gasteiger partial charge is 0.475 e. The standard InChI is InChI=1S/C32H29ClN6O2.C2HF3O2/c1-20-7-6-10-29(27-15-22(13-14-34-27)31-28(37-32(20)41)18-36-38(31)2)39-19-35-26(17-30(39)40)25-16-23(33)11-12-24(25)21-8-4-3-5-9-21;3-2(4,5)1(6)7/h3-5,8-9,11-20,29H,6-7,10H2,1-2H3,(H,37,41);(H,6,7)/t20-,29+;/m1./s1. The number of carbonyl (C=O) groups excluding carboxylic acids is 1. The number of fused-ring (bicyclic) bond motifs is 4. The highest BCUT2D eigenvalue weighted by Gasteiger charge is 2.38. The van der Waals surface area contributed by atoms with E-state index in [1.165, 1.54) is 0 Å². The molecule has 0 saturated heterocycles. The van der Waals surface area contributed by atoms with E-state index in [1.807, 2.05) is 74.6 Å². The Bertz CT molecular complexity index is 2010. The predicted octanol–water partition coefficient (Wildman–Crippen LogP) is 7.01. The normalized spacial score (nSPS) is 16.3. The van der Waals surface area contributed by atoms with Gasteiger partial charge in [-0.3, -0.25) is 23.8 Å². The van der Waals surface area contributed by atoms with Crippen molar-refractivity contribution in [3.05, 3.63) is 107 Å². The molecule has 248 valence electrons. The van der Waals surface area contributed by atoms with E-state index in [1.54, 1.807) is 34.0 Å². The molecule has 0 saturated carbocycles. The van der Waals surface area contributed by atoms with E-state index in [0.717, 1.165) is 40.1 Å². The molecule has 1 amide bonds. The molecule has 2 aromatic carbocycles. The fourth-order valence-electron chi connectivity index (χ4n) is 5.47. The highest BCUT2D eigenvalue weighted by atomic mass is 35.5. The second kappa shape index (κ2) is 14.2. The molecule has 2 bridgehead atoms. The Morgan fingerprint density at radius 1 is 0.979 bits per heavy atom. The lowest BCUT2D eigenvalue weighted by Gasteiger charge is -2.22. The number of aliphatic carboxylic acids is 1. The van der Waals surface area contributed by atoms with Crippen LogP contribution < -0.4 is 10.9 Å². The molecule has 14 heteroatoms. The number of hydrogen-bond donors (Lipinski definition) is 2. The predicted molar refractivity (Wildman–Crippen MR) is 174 cm³/mol. The van der Waals surface area contributed by atoms with Gasteiger partial charge in [0.15, 0.2) is 0 Å². The number of rotatable bonds is 3. The lowest BCUT2D eigenvalue weighted by Crippen LogP contribution is -2.27. The third kappa shape index (κ3) is 7.63. The molecule has 1 aliphatic heterocycles. The number of carbonyl (C=O) groups is 2. The lowest BCUT2D eigenvalue weighted by molar-refractivity contribution is -0.192. The Labute approximate surface area is 277 Å². The van der Waals surface area contributed by atoms with Crippen LogP contribution in [0.3, 0.4) is 0 Å². The van der Waals surface area contributed by atoms with Crippen molar-refractivity contribution in [3.8, 4) is 33.6 Å². The minimum absolute atomic E-state index is 0.0513. The monoisotopic (exact) mass is 678 g/mol. The summed E-state index contributed by atoms with van der Waals surface area (Å²) in [5.41, 5.74) is 6.14. The molecule has 0 spiro atoms. The maximum absolute atomic E-state index is 13.7. The maximum atomic E-state index is 13.7. The lowest BCUT2D eigenvalue weighted by atomic mass is 9.96. The molecule has 48 heavy (non-hydrogen) atoms. The molecule has 6 rings (SSSR count). The summed E-state index contributed by atoms with van der Waals surface area (Å²) in [6, 6.07) is 20.6. The van der Waals surface area contributed by atoms with Gasteiger partial charge in [-0.2, -0.15) is 18.3 Å². The van der Waals surface area contributed by atoms with Gasteiger partial charge in [-0.05, 0) is 48.2 Å². The minimum Gasteiger partial charge on any atom is -0.475 e. The van der Waals surface area contributed by atoms with E-state index in [2.05, 4.69) is 15.4 Å². The molecule has 1 aliphatic rings. The number of aryl methyl sites for hydroxylation is 1. The first-order chi connectivity index (χ1) is 22.8. The Balaban J connectivity index is 0.000000582. The second-order valence-corrected chi connectivity index (χ2v) is 11.7. The van der Waals surface area contributed by atoms with Crippen LogP contribution in [0.15, 0.2) is 90.2 Å². The van der Waals surface area contributed by atoms with Crippen molar-refractivity contribution in [2.75, 3.05) is 5.32 Å². The summed E-state index contributed by atoms with van der Waals surface area (Å²) in [4.78, 5) is 45.0. The zero-order valence-electron chi connectivity index (χ0n) is 25.8. The van der Waals surface area contributed by atoms with Gasteiger partial charge in [-0.15, -0.1) is 0 Å². The highest BCUT2D eigenvalue weighted by molar-refractivity contribution is 6.31. The van der Waals surface area contributed by atoms with Crippen molar-refractivity contribution in [3.63, 3.8) is 0 Å². The maximum Gasteiger partial charge on any atom is 0.490 e. The zero-order valence-corrected chi connectivity index (χ0v) is 26.5. The van der Waals surface area contributed by atoms with Crippen LogP contribution in [0.4, 0.5) is 18.9 Å². The topological polar surface area (TPSA) is 132 Å². The number of aromatic nitrogens is 5. The van der Waals surface area contributed by atoms with Crippen LogP contribution in [0.5, 0.6) is 0 Å². The largest absolute Gasteiger partial charge is 0.490 e. The van der Waals surface area contributed by atoms with Crippen molar-refractivity contribution >= 4 is 29.2 Å². The summed E-state index contributed by atoms with van der Waals surface area (Å²) in [6.07, 6.45) is 1.93. The van der Waals surface area contributed by atoms with Gasteiger partial charge in [-0.1, -0.05) is 61.3 Å². The molecule has 5 aromatic rings. The van der Waals surface area contributed by atoms with Crippen LogP contribution in [-0.4, -0.2) is 47.5 Å². The second-order valence-electron chi connectivity index (χ2n) is 11.2. The Kier molecular flexibility index (Phi) is 10.1. The molecule has 0 fully saturated rings. The van der Waals surface area contributed by atoms with Crippen molar-refractivity contribution in [2.45, 2.75) is 38.4 Å². The Hall–Kier alpha value is -5.30. The number of hydrogen-bond acceptors (Lipinski definition) is 6. The summed E-state index contributed by atoms with van der Waals surface area (Å²) in [7, 11) is 1.84. The van der Waals surface area contributed by atoms with E-state index in [0.29, 0.717) is 29.2 Å². The van der Waals surface area contributed by atoms with Crippen LogP contribution >= 0.6 is 11.6 Å². The molecule has 4 heterocycles. The van der Waals surface area contributed by atoms with Gasteiger partial charge in [0.1, 0.15) is 0 Å². The van der Waals surface area contributed by atoms with Gasteiger partial charge in [0, 0.05) is 41.4 Å². The van der Waals surface area contributed by atoms with Crippen LogP contribution in [0.2, 0.25) is 5.02 Å². The number of pyridine rings is 1. The average molecular weight is 679 g/mol. The number of benzene rings is 2. The van der Waals surface area contributed by atoms with Crippen LogP contribution in [0, 0.1) is 5.92 Å². The molecular formula is C34H30ClF3N6O4. The van der Waals surface area contributed by atoms with Crippen molar-refractivity contribution in [2.24, 2.45) is 13.0 Å². The number of nitrogens with one attached hydrogen (secondary N) is 1. The van der Waals surface area contributed by atoms with E-state index in [4.69, 9.17) is 26.5 Å². The first-order valence-corrected chi connectivity index (χ1v) is 15.2. The van der Waals surface area contributed by atoms with Crippen molar-refractivity contribution in [1.29, 1.82) is 0 Å². The number of carboxylic acids is 1. The van der Waals surface area contributed by atoms with Crippen LogP contribution in [0.1, 0.15) is 37.9 Å². The van der Waals surface area contributed by atoms with Crippen LogP contribution in [0.25, 0.3) is 33.6 Å². The van der Waals surface area contributed by atoms with Gasteiger partial charge >= 0.3 is 12.1 Å².